The monoisotopic (exact) mass is 316 g/mol. The first-order valence-electron chi connectivity index (χ1n) is 7.07. The third-order valence-electron chi connectivity index (χ3n) is 3.73. The topological polar surface area (TPSA) is 37.8 Å². The summed E-state index contributed by atoms with van der Waals surface area (Å²) in [5.41, 5.74) is 4.12. The van der Waals surface area contributed by atoms with Crippen molar-refractivity contribution in [2.45, 2.75) is 32.7 Å². The quantitative estimate of drug-likeness (QED) is 0.857. The molecule has 0 saturated carbocycles. The van der Waals surface area contributed by atoms with E-state index in [0.29, 0.717) is 11.0 Å². The van der Waals surface area contributed by atoms with E-state index in [1.54, 1.807) is 11.3 Å². The second kappa shape index (κ2) is 6.20. The number of nitrogens with zero attached hydrogens (tertiary/aromatic N) is 2. The summed E-state index contributed by atoms with van der Waals surface area (Å²) in [6, 6.07) is 2.14. The van der Waals surface area contributed by atoms with Gasteiger partial charge >= 0.3 is 0 Å². The smallest absolute Gasteiger partial charge is 0.189 e. The molecule has 0 amide bonds. The highest BCUT2D eigenvalue weighted by Crippen LogP contribution is 2.27. The van der Waals surface area contributed by atoms with Crippen LogP contribution < -0.4 is 10.8 Å². The molecule has 1 aliphatic heterocycles. The molecule has 1 atom stereocenters. The molecule has 0 bridgehead atoms. The molecular formula is C15H16BClN3S. The molecule has 3 nitrogen and oxygen atoms in total. The number of fused-ring (bicyclic) bond motifs is 1. The first-order chi connectivity index (χ1) is 10.2. The highest BCUT2D eigenvalue weighted by Gasteiger charge is 2.21. The van der Waals surface area contributed by atoms with E-state index in [4.69, 9.17) is 16.6 Å². The van der Waals surface area contributed by atoms with Gasteiger partial charge in [-0.3, -0.25) is 4.98 Å². The first kappa shape index (κ1) is 14.6. The van der Waals surface area contributed by atoms with Crippen LogP contribution in [0.5, 0.6) is 0 Å². The van der Waals surface area contributed by atoms with Crippen molar-refractivity contribution in [3.05, 3.63) is 40.0 Å². The Labute approximate surface area is 134 Å². The second-order valence-corrected chi connectivity index (χ2v) is 6.51. The zero-order chi connectivity index (χ0) is 14.8. The van der Waals surface area contributed by atoms with Gasteiger partial charge < -0.3 is 5.32 Å². The Morgan fingerprint density at radius 1 is 1.48 bits per heavy atom. The Morgan fingerprint density at radius 3 is 3.05 bits per heavy atom. The molecule has 0 spiro atoms. The summed E-state index contributed by atoms with van der Waals surface area (Å²) in [5.74, 6) is 2.33. The Bertz CT molecular complexity index is 670. The van der Waals surface area contributed by atoms with E-state index < -0.39 is 0 Å². The number of hydrogen-bond donors (Lipinski definition) is 1. The lowest BCUT2D eigenvalue weighted by Crippen LogP contribution is -2.21. The van der Waals surface area contributed by atoms with Gasteiger partial charge in [0.2, 0.25) is 0 Å². The van der Waals surface area contributed by atoms with Crippen LogP contribution in [0.15, 0.2) is 23.6 Å². The lowest BCUT2D eigenvalue weighted by Gasteiger charge is -2.16. The lowest BCUT2D eigenvalue weighted by atomic mass is 9.73. The fourth-order valence-electron chi connectivity index (χ4n) is 2.28. The molecular weight excluding hydrogens is 301 g/mol. The summed E-state index contributed by atoms with van der Waals surface area (Å²) < 4.78 is 0. The molecule has 3 rings (SSSR count). The minimum atomic E-state index is 0.417. The Balaban J connectivity index is 1.91. The molecule has 21 heavy (non-hydrogen) atoms. The predicted molar refractivity (Wildman–Crippen MR) is 91.6 cm³/mol. The summed E-state index contributed by atoms with van der Waals surface area (Å²) in [5, 5.41) is 7.25. The van der Waals surface area contributed by atoms with Gasteiger partial charge in [0.1, 0.15) is 5.01 Å². The van der Waals surface area contributed by atoms with Gasteiger partial charge in [0, 0.05) is 23.0 Å². The molecule has 0 saturated heterocycles. The summed E-state index contributed by atoms with van der Waals surface area (Å²) in [6.45, 7) is 5.08. The predicted octanol–water partition coefficient (Wildman–Crippen LogP) is 3.54. The van der Waals surface area contributed by atoms with E-state index in [-0.39, 0.29) is 0 Å². The molecule has 2 aromatic heterocycles. The van der Waals surface area contributed by atoms with Crippen LogP contribution in [0.25, 0.3) is 5.03 Å². The van der Waals surface area contributed by atoms with E-state index in [2.05, 4.69) is 30.2 Å². The zero-order valence-electron chi connectivity index (χ0n) is 12.1. The zero-order valence-corrected chi connectivity index (χ0v) is 13.6. The van der Waals surface area contributed by atoms with Crippen molar-refractivity contribution in [3.63, 3.8) is 0 Å². The van der Waals surface area contributed by atoms with Crippen LogP contribution in [-0.2, 0) is 6.54 Å². The minimum Gasteiger partial charge on any atom is -0.379 e. The number of hydrogen-bond acceptors (Lipinski definition) is 4. The molecule has 1 aliphatic rings. The molecule has 2 aromatic rings. The number of rotatable bonds is 5. The Morgan fingerprint density at radius 2 is 2.33 bits per heavy atom. The SMILES string of the molecule is CCC(C)c1cc(NCc2nccs2)c2c(n1)C(Cl)=C[B]2. The van der Waals surface area contributed by atoms with E-state index in [1.165, 1.54) is 0 Å². The molecule has 1 radical (unpaired) electrons. The van der Waals surface area contributed by atoms with Crippen LogP contribution in [0.3, 0.4) is 0 Å². The van der Waals surface area contributed by atoms with Gasteiger partial charge in [0.15, 0.2) is 7.28 Å². The van der Waals surface area contributed by atoms with Crippen molar-refractivity contribution >= 4 is 46.4 Å². The van der Waals surface area contributed by atoms with Gasteiger partial charge in [-0.15, -0.1) is 11.3 Å². The van der Waals surface area contributed by atoms with Gasteiger partial charge in [-0.1, -0.05) is 31.4 Å². The molecule has 1 unspecified atom stereocenters. The van der Waals surface area contributed by atoms with Crippen LogP contribution in [0, 0.1) is 0 Å². The van der Waals surface area contributed by atoms with Gasteiger partial charge in [-0.2, -0.15) is 0 Å². The van der Waals surface area contributed by atoms with Crippen molar-refractivity contribution in [3.8, 4) is 0 Å². The van der Waals surface area contributed by atoms with Crippen molar-refractivity contribution in [2.75, 3.05) is 5.32 Å². The summed E-state index contributed by atoms with van der Waals surface area (Å²) in [4.78, 5) is 9.03. The number of thiazole rings is 1. The fraction of sp³-hybridized carbons (Fsp3) is 0.333. The van der Waals surface area contributed by atoms with Crippen molar-refractivity contribution in [2.24, 2.45) is 0 Å². The van der Waals surface area contributed by atoms with Crippen molar-refractivity contribution in [1.29, 1.82) is 0 Å². The summed E-state index contributed by atoms with van der Waals surface area (Å²) in [6.07, 6.45) is 2.89. The maximum Gasteiger partial charge on any atom is 0.189 e. The largest absolute Gasteiger partial charge is 0.379 e. The van der Waals surface area contributed by atoms with E-state index in [0.717, 1.165) is 40.5 Å². The maximum atomic E-state index is 6.26. The number of pyridine rings is 1. The third-order valence-corrected chi connectivity index (χ3v) is 4.82. The summed E-state index contributed by atoms with van der Waals surface area (Å²) in [7, 11) is 2.02. The average Bonchev–Trinajstić information content (AvgIpc) is 3.14. The maximum absolute atomic E-state index is 6.26. The van der Waals surface area contributed by atoms with Crippen LogP contribution in [0.2, 0.25) is 0 Å². The van der Waals surface area contributed by atoms with Crippen LogP contribution in [-0.4, -0.2) is 17.2 Å². The Kier molecular flexibility index (Phi) is 4.31. The van der Waals surface area contributed by atoms with Crippen molar-refractivity contribution in [1.82, 2.24) is 9.97 Å². The number of anilines is 1. The molecule has 1 N–H and O–H groups in total. The average molecular weight is 317 g/mol. The number of halogens is 1. The number of nitrogens with one attached hydrogen (secondary N) is 1. The van der Waals surface area contributed by atoms with E-state index in [1.807, 2.05) is 24.8 Å². The first-order valence-corrected chi connectivity index (χ1v) is 8.33. The second-order valence-electron chi connectivity index (χ2n) is 5.13. The third kappa shape index (κ3) is 2.99. The van der Waals surface area contributed by atoms with Gasteiger partial charge in [-0.05, 0) is 23.9 Å². The molecule has 6 heteroatoms. The highest BCUT2D eigenvalue weighted by atomic mass is 35.5. The fourth-order valence-corrected chi connectivity index (χ4v) is 3.04. The van der Waals surface area contributed by atoms with E-state index in [9.17, 15) is 0 Å². The molecule has 0 aliphatic carbocycles. The number of aromatic nitrogens is 2. The van der Waals surface area contributed by atoms with Gasteiger partial charge in [-0.25, -0.2) is 4.98 Å². The van der Waals surface area contributed by atoms with Crippen LogP contribution >= 0.6 is 22.9 Å². The van der Waals surface area contributed by atoms with Gasteiger partial charge in [0.25, 0.3) is 0 Å². The molecule has 3 heterocycles. The lowest BCUT2D eigenvalue weighted by molar-refractivity contribution is 0.708. The van der Waals surface area contributed by atoms with Crippen molar-refractivity contribution < 1.29 is 0 Å². The van der Waals surface area contributed by atoms with Crippen LogP contribution in [0.4, 0.5) is 5.69 Å². The molecule has 0 aromatic carbocycles. The molecule has 0 fully saturated rings. The van der Waals surface area contributed by atoms with E-state index >= 15 is 0 Å². The normalized spacial score (nSPS) is 14.3. The standard InChI is InChI=1S/C15H16BClN3S/c1-3-9(2)11-6-12(19-8-13-18-4-5-21-13)14-15(20-11)10(17)7-16-14/h4-7,9H,3,8H2,1-2H3,(H,19,20). The van der Waals surface area contributed by atoms with Crippen LogP contribution in [0.1, 0.15) is 42.6 Å². The minimum absolute atomic E-state index is 0.417. The Hall–Kier alpha value is -1.33. The summed E-state index contributed by atoms with van der Waals surface area (Å²) >= 11 is 7.92. The van der Waals surface area contributed by atoms with Gasteiger partial charge in [0.05, 0.1) is 17.3 Å². The highest BCUT2D eigenvalue weighted by molar-refractivity contribution is 7.09. The molecule has 107 valence electrons.